The molecule has 6 nitrogen and oxygen atoms in total. The molecule has 0 aliphatic carbocycles. The van der Waals surface area contributed by atoms with Crippen LogP contribution in [0.2, 0.25) is 0 Å². The Hall–Kier alpha value is -3.36. The molecule has 3 heterocycles. The van der Waals surface area contributed by atoms with E-state index >= 15 is 0 Å². The number of benzene rings is 2. The number of carbonyl (C=O) groups excluding carboxylic acids is 1. The smallest absolute Gasteiger partial charge is 0.283 e. The number of amides is 1. The number of thioether (sulfide) groups is 1. The number of rotatable bonds is 4. The molecule has 0 saturated carbocycles. The third-order valence-electron chi connectivity index (χ3n) is 5.77. The van der Waals surface area contributed by atoms with Crippen molar-refractivity contribution in [2.45, 2.75) is 26.5 Å². The molecule has 0 spiro atoms. The second-order valence-corrected chi connectivity index (χ2v) is 9.85. The maximum Gasteiger partial charge on any atom is 0.283 e. The van der Waals surface area contributed by atoms with Crippen molar-refractivity contribution in [2.75, 3.05) is 0 Å². The van der Waals surface area contributed by atoms with Crippen LogP contribution in [0.1, 0.15) is 28.1 Å². The third-order valence-corrected chi connectivity index (χ3v) is 7.59. The summed E-state index contributed by atoms with van der Waals surface area (Å²) in [5.74, 6) is 0.426. The molecule has 1 N–H and O–H groups in total. The van der Waals surface area contributed by atoms with Crippen LogP contribution in [0.15, 0.2) is 75.6 Å². The molecule has 5 rings (SSSR count). The molecule has 1 amide bonds. The Morgan fingerprint density at radius 2 is 1.79 bits per heavy atom. The zero-order valence-corrected chi connectivity index (χ0v) is 20.7. The predicted octanol–water partition coefficient (Wildman–Crippen LogP) is 5.91. The number of fused-ring (bicyclic) bond motifs is 1. The summed E-state index contributed by atoms with van der Waals surface area (Å²) < 4.78 is 6.63. The van der Waals surface area contributed by atoms with Gasteiger partial charge >= 0.3 is 0 Å². The summed E-state index contributed by atoms with van der Waals surface area (Å²) in [6, 6.07) is 20.5. The van der Waals surface area contributed by atoms with Crippen molar-refractivity contribution >= 4 is 51.9 Å². The van der Waals surface area contributed by atoms with Gasteiger partial charge in [-0.3, -0.25) is 10.2 Å². The summed E-state index contributed by atoms with van der Waals surface area (Å²) in [4.78, 5) is 18.7. The van der Waals surface area contributed by atoms with Crippen LogP contribution in [-0.2, 0) is 10.5 Å². The van der Waals surface area contributed by atoms with Crippen LogP contribution >= 0.6 is 23.7 Å². The SMILES string of the molecule is Cc1ccc(-n2c(C)cc(/C=C3/C(=N)N4C(SCc5ccccc5)=NSC4=NC3=O)c2C)cc1. The molecule has 170 valence electrons. The number of nitrogens with one attached hydrogen (secondary N) is 1. The van der Waals surface area contributed by atoms with Gasteiger partial charge in [0.1, 0.15) is 5.84 Å². The van der Waals surface area contributed by atoms with Gasteiger partial charge in [-0.2, -0.15) is 9.39 Å². The van der Waals surface area contributed by atoms with Crippen LogP contribution in [0.25, 0.3) is 11.8 Å². The fourth-order valence-corrected chi connectivity index (χ4v) is 5.80. The van der Waals surface area contributed by atoms with E-state index in [1.54, 1.807) is 11.0 Å². The number of aryl methyl sites for hydroxylation is 2. The Kier molecular flexibility index (Phi) is 6.02. The van der Waals surface area contributed by atoms with Crippen molar-refractivity contribution in [3.05, 3.63) is 94.3 Å². The summed E-state index contributed by atoms with van der Waals surface area (Å²) in [5.41, 5.74) is 6.67. The van der Waals surface area contributed by atoms with E-state index in [-0.39, 0.29) is 11.4 Å². The van der Waals surface area contributed by atoms with Crippen molar-refractivity contribution in [3.63, 3.8) is 0 Å². The zero-order chi connectivity index (χ0) is 23.8. The van der Waals surface area contributed by atoms with Crippen LogP contribution < -0.4 is 0 Å². The van der Waals surface area contributed by atoms with Crippen LogP contribution in [0.4, 0.5) is 0 Å². The van der Waals surface area contributed by atoms with Gasteiger partial charge in [0.15, 0.2) is 5.17 Å². The average molecular weight is 486 g/mol. The summed E-state index contributed by atoms with van der Waals surface area (Å²) in [5, 5.41) is 9.93. The van der Waals surface area contributed by atoms with Gasteiger partial charge < -0.3 is 4.57 Å². The average Bonchev–Trinajstić information content (AvgIpc) is 3.36. The van der Waals surface area contributed by atoms with Crippen LogP contribution in [-0.4, -0.2) is 31.5 Å². The second kappa shape index (κ2) is 9.12. The Balaban J connectivity index is 1.44. The van der Waals surface area contributed by atoms with Crippen molar-refractivity contribution in [2.24, 2.45) is 9.39 Å². The molecule has 2 aliphatic heterocycles. The molecule has 0 bridgehead atoms. The fourth-order valence-electron chi connectivity index (χ4n) is 4.00. The largest absolute Gasteiger partial charge is 0.318 e. The van der Waals surface area contributed by atoms with Gasteiger partial charge in [0, 0.05) is 22.8 Å². The number of nitrogens with zero attached hydrogens (tertiary/aromatic N) is 4. The van der Waals surface area contributed by atoms with Crippen LogP contribution in [0.5, 0.6) is 0 Å². The van der Waals surface area contributed by atoms with Crippen LogP contribution in [0.3, 0.4) is 0 Å². The van der Waals surface area contributed by atoms with Gasteiger partial charge in [0.2, 0.25) is 5.17 Å². The summed E-state index contributed by atoms with van der Waals surface area (Å²) in [6.07, 6.45) is 1.78. The van der Waals surface area contributed by atoms with Gasteiger partial charge in [-0.1, -0.05) is 59.8 Å². The van der Waals surface area contributed by atoms with Gasteiger partial charge in [-0.05, 0) is 56.2 Å². The number of carbonyl (C=O) groups is 1. The first-order chi connectivity index (χ1) is 16.4. The highest BCUT2D eigenvalue weighted by Gasteiger charge is 2.37. The Bertz CT molecular complexity index is 1380. The Morgan fingerprint density at radius 3 is 2.53 bits per heavy atom. The maximum absolute atomic E-state index is 12.8. The fraction of sp³-hybridized carbons (Fsp3) is 0.154. The quantitative estimate of drug-likeness (QED) is 0.368. The van der Waals surface area contributed by atoms with Crippen molar-refractivity contribution in [1.82, 2.24) is 9.47 Å². The molecular formula is C26H23N5OS2. The highest BCUT2D eigenvalue weighted by molar-refractivity contribution is 8.18. The van der Waals surface area contributed by atoms with Crippen LogP contribution in [0, 0.1) is 26.2 Å². The molecule has 0 saturated heterocycles. The minimum absolute atomic E-state index is 0.111. The molecule has 8 heteroatoms. The van der Waals surface area contributed by atoms with Crippen molar-refractivity contribution in [3.8, 4) is 5.69 Å². The normalized spacial score (nSPS) is 16.7. The Labute approximate surface area is 207 Å². The van der Waals surface area contributed by atoms with E-state index in [1.165, 1.54) is 22.9 Å². The van der Waals surface area contributed by atoms with E-state index in [1.807, 2.05) is 38.1 Å². The van der Waals surface area contributed by atoms with Crippen molar-refractivity contribution < 1.29 is 4.79 Å². The first-order valence-corrected chi connectivity index (χ1v) is 12.6. The molecule has 0 unspecified atom stereocenters. The highest BCUT2D eigenvalue weighted by Crippen LogP contribution is 2.33. The van der Waals surface area contributed by atoms with Gasteiger partial charge in [0.05, 0.1) is 17.5 Å². The standard InChI is InChI=1S/C26H23N5OS2/c1-16-9-11-21(12-10-16)30-17(2)13-20(18(30)3)14-22-23(27)31-25(28-24(22)32)34-29-26(31)33-15-19-7-5-4-6-8-19/h4-14,27H,15H2,1-3H3/b22-14-,27-23?. The van der Waals surface area contributed by atoms with E-state index in [0.29, 0.717) is 10.3 Å². The minimum atomic E-state index is -0.409. The van der Waals surface area contributed by atoms with E-state index in [9.17, 15) is 4.79 Å². The zero-order valence-electron chi connectivity index (χ0n) is 19.1. The van der Waals surface area contributed by atoms with E-state index in [4.69, 9.17) is 5.41 Å². The molecule has 3 aromatic rings. The first kappa shape index (κ1) is 22.4. The lowest BCUT2D eigenvalue weighted by Crippen LogP contribution is -2.41. The highest BCUT2D eigenvalue weighted by atomic mass is 32.2. The lowest BCUT2D eigenvalue weighted by molar-refractivity contribution is -0.114. The topological polar surface area (TPSA) is 73.8 Å². The third kappa shape index (κ3) is 4.15. The first-order valence-electron chi connectivity index (χ1n) is 10.8. The number of aliphatic imine (C=N–C) groups is 1. The molecule has 2 aliphatic rings. The van der Waals surface area contributed by atoms with Gasteiger partial charge in [-0.15, -0.1) is 0 Å². The minimum Gasteiger partial charge on any atom is -0.318 e. The molecule has 1 aromatic heterocycles. The number of hydrogen-bond donors (Lipinski definition) is 1. The monoisotopic (exact) mass is 485 g/mol. The molecular weight excluding hydrogens is 462 g/mol. The summed E-state index contributed by atoms with van der Waals surface area (Å²) >= 11 is 2.68. The second-order valence-electron chi connectivity index (χ2n) is 8.18. The number of aromatic nitrogens is 1. The van der Waals surface area contributed by atoms with E-state index < -0.39 is 5.91 Å². The maximum atomic E-state index is 12.8. The molecule has 0 fully saturated rings. The van der Waals surface area contributed by atoms with Gasteiger partial charge in [0.25, 0.3) is 5.91 Å². The lowest BCUT2D eigenvalue weighted by Gasteiger charge is -2.24. The molecule has 0 radical (unpaired) electrons. The van der Waals surface area contributed by atoms with E-state index in [0.717, 1.165) is 40.3 Å². The number of amidine groups is 3. The lowest BCUT2D eigenvalue weighted by atomic mass is 10.1. The van der Waals surface area contributed by atoms with Crippen molar-refractivity contribution in [1.29, 1.82) is 5.41 Å². The Morgan fingerprint density at radius 1 is 1.06 bits per heavy atom. The van der Waals surface area contributed by atoms with E-state index in [2.05, 4.69) is 57.3 Å². The summed E-state index contributed by atoms with van der Waals surface area (Å²) in [7, 11) is 0. The molecule has 0 atom stereocenters. The summed E-state index contributed by atoms with van der Waals surface area (Å²) in [6.45, 7) is 6.14. The molecule has 34 heavy (non-hydrogen) atoms. The van der Waals surface area contributed by atoms with Gasteiger partial charge in [-0.25, -0.2) is 4.90 Å². The molecule has 2 aromatic carbocycles. The predicted molar refractivity (Wildman–Crippen MR) is 143 cm³/mol. The number of hydrogen-bond acceptors (Lipinski definition) is 5.